The molecule has 0 aliphatic carbocycles. The first-order chi connectivity index (χ1) is 4.39. The number of carbonyl (C=O) groups is 1. The average molecular weight is 179 g/mol. The summed E-state index contributed by atoms with van der Waals surface area (Å²) in [6, 6.07) is -0.539. The molecule has 0 fully saturated rings. The van der Waals surface area contributed by atoms with Crippen LogP contribution in [0.2, 0.25) is 0 Å². The zero-order valence-corrected chi connectivity index (χ0v) is 9.27. The van der Waals surface area contributed by atoms with Crippen molar-refractivity contribution in [2.45, 2.75) is 24.6 Å². The molecule has 60 valence electrons. The number of rotatable bonds is 3. The van der Waals surface area contributed by atoms with Gasteiger partial charge in [-0.1, -0.05) is 0 Å². The van der Waals surface area contributed by atoms with Crippen molar-refractivity contribution < 1.29 is 9.90 Å². The van der Waals surface area contributed by atoms with Crippen molar-refractivity contribution in [3.63, 3.8) is 0 Å². The Kier molecular flexibility index (Phi) is 3.41. The van der Waals surface area contributed by atoms with E-state index in [4.69, 9.17) is 5.11 Å². The fourth-order valence-electron chi connectivity index (χ4n) is 0.779. The molecule has 0 amide bonds. The van der Waals surface area contributed by atoms with Gasteiger partial charge in [0.25, 0.3) is 0 Å². The van der Waals surface area contributed by atoms with Gasteiger partial charge in [0, 0.05) is 4.75 Å². The molecule has 0 radical (unpaired) electrons. The number of nitrogens with one attached hydrogen (secondary N) is 1. The quantitative estimate of drug-likeness (QED) is 0.385. The second-order valence-electron chi connectivity index (χ2n) is 2.71. The third-order valence-corrected chi connectivity index (χ3v) is 2.08. The third kappa shape index (κ3) is 2.72. The summed E-state index contributed by atoms with van der Waals surface area (Å²) in [4.78, 5) is 13.3. The van der Waals surface area contributed by atoms with E-state index in [-0.39, 0.29) is 0 Å². The van der Waals surface area contributed by atoms with Crippen LogP contribution in [0.1, 0.15) is 13.8 Å². The van der Waals surface area contributed by atoms with E-state index in [0.29, 0.717) is 10.4 Å². The second-order valence-corrected chi connectivity index (χ2v) is 4.44. The molecular formula is C5H13NO2SSi. The molecule has 0 heterocycles. The lowest BCUT2D eigenvalue weighted by molar-refractivity contribution is -0.139. The molecule has 5 heteroatoms. The van der Waals surface area contributed by atoms with E-state index in [1.54, 1.807) is 13.8 Å². The normalized spacial score (nSPS) is 15.1. The monoisotopic (exact) mass is 179 g/mol. The fourth-order valence-corrected chi connectivity index (χ4v) is 2.23. The first kappa shape index (κ1) is 10.00. The van der Waals surface area contributed by atoms with E-state index in [9.17, 15) is 4.79 Å². The predicted octanol–water partition coefficient (Wildman–Crippen LogP) is -0.982. The van der Waals surface area contributed by atoms with Crippen LogP contribution < -0.4 is 4.98 Å². The molecule has 10 heavy (non-hydrogen) atoms. The van der Waals surface area contributed by atoms with Gasteiger partial charge in [-0.15, -0.1) is 0 Å². The maximum Gasteiger partial charge on any atom is 0.321 e. The molecule has 0 saturated heterocycles. The van der Waals surface area contributed by atoms with Gasteiger partial charge >= 0.3 is 5.97 Å². The SMILES string of the molecule is CC(C)(S)[C@H](N[SiH3])C(=O)O. The van der Waals surface area contributed by atoms with E-state index >= 15 is 0 Å². The number of aliphatic carboxylic acids is 1. The Bertz CT molecular complexity index is 134. The second kappa shape index (κ2) is 3.41. The summed E-state index contributed by atoms with van der Waals surface area (Å²) < 4.78 is -0.492. The molecule has 2 N–H and O–H groups in total. The molecular weight excluding hydrogens is 166 g/mol. The number of hydrogen-bond donors (Lipinski definition) is 3. The largest absolute Gasteiger partial charge is 0.480 e. The molecule has 0 aromatic heterocycles. The van der Waals surface area contributed by atoms with Crippen LogP contribution in [0, 0.1) is 0 Å². The number of carboxylic acid groups (broad SMARTS) is 1. The van der Waals surface area contributed by atoms with Crippen molar-refractivity contribution >= 4 is 29.0 Å². The molecule has 0 rings (SSSR count). The van der Waals surface area contributed by atoms with Crippen LogP contribution in [-0.4, -0.2) is 32.3 Å². The summed E-state index contributed by atoms with van der Waals surface area (Å²) in [5, 5.41) is 8.62. The van der Waals surface area contributed by atoms with Gasteiger partial charge in [-0.3, -0.25) is 4.79 Å². The van der Waals surface area contributed by atoms with Crippen molar-refractivity contribution in [1.29, 1.82) is 0 Å². The minimum Gasteiger partial charge on any atom is -0.480 e. The van der Waals surface area contributed by atoms with Crippen molar-refractivity contribution in [2.75, 3.05) is 0 Å². The van der Waals surface area contributed by atoms with Gasteiger partial charge in [0.2, 0.25) is 0 Å². The van der Waals surface area contributed by atoms with Crippen molar-refractivity contribution in [3.05, 3.63) is 0 Å². The van der Waals surface area contributed by atoms with Crippen LogP contribution in [0.4, 0.5) is 0 Å². The highest BCUT2D eigenvalue weighted by Crippen LogP contribution is 2.16. The Morgan fingerprint density at radius 1 is 1.80 bits per heavy atom. The first-order valence-corrected chi connectivity index (χ1v) is 4.46. The van der Waals surface area contributed by atoms with Gasteiger partial charge in [0.15, 0.2) is 0 Å². The molecule has 0 spiro atoms. The molecule has 0 aromatic carbocycles. The highest BCUT2D eigenvalue weighted by molar-refractivity contribution is 7.81. The fraction of sp³-hybridized carbons (Fsp3) is 0.800. The summed E-state index contributed by atoms with van der Waals surface area (Å²) >= 11 is 4.15. The highest BCUT2D eigenvalue weighted by atomic mass is 32.1. The van der Waals surface area contributed by atoms with E-state index < -0.39 is 16.8 Å². The Morgan fingerprint density at radius 2 is 2.20 bits per heavy atom. The van der Waals surface area contributed by atoms with Gasteiger partial charge in [-0.2, -0.15) is 12.6 Å². The molecule has 0 aromatic rings. The minimum atomic E-state index is -0.838. The highest BCUT2D eigenvalue weighted by Gasteiger charge is 2.29. The zero-order chi connectivity index (χ0) is 8.36. The van der Waals surface area contributed by atoms with E-state index in [1.807, 2.05) is 0 Å². The smallest absolute Gasteiger partial charge is 0.321 e. The number of carboxylic acids is 1. The zero-order valence-electron chi connectivity index (χ0n) is 6.38. The lowest BCUT2D eigenvalue weighted by Crippen LogP contribution is -2.48. The lowest BCUT2D eigenvalue weighted by atomic mass is 10.1. The summed E-state index contributed by atoms with van der Waals surface area (Å²) in [6.45, 7) is 3.56. The minimum absolute atomic E-state index is 0.492. The van der Waals surface area contributed by atoms with E-state index in [0.717, 1.165) is 0 Å². The van der Waals surface area contributed by atoms with Crippen molar-refractivity contribution in [2.24, 2.45) is 0 Å². The van der Waals surface area contributed by atoms with E-state index in [2.05, 4.69) is 17.6 Å². The molecule has 1 atom stereocenters. The van der Waals surface area contributed by atoms with Gasteiger partial charge in [-0.25, -0.2) is 0 Å². The Labute approximate surface area is 69.1 Å². The molecule has 0 bridgehead atoms. The Morgan fingerprint density at radius 3 is 2.20 bits per heavy atom. The van der Waals surface area contributed by atoms with Crippen LogP contribution in [-0.2, 0) is 4.79 Å². The topological polar surface area (TPSA) is 49.3 Å². The summed E-state index contributed by atoms with van der Waals surface area (Å²) in [6.07, 6.45) is 0. The maximum atomic E-state index is 10.5. The lowest BCUT2D eigenvalue weighted by Gasteiger charge is -2.25. The van der Waals surface area contributed by atoms with Crippen LogP contribution in [0.5, 0.6) is 0 Å². The third-order valence-electron chi connectivity index (χ3n) is 1.24. The molecule has 0 aliphatic heterocycles. The van der Waals surface area contributed by atoms with Crippen molar-refractivity contribution in [3.8, 4) is 0 Å². The molecule has 0 unspecified atom stereocenters. The van der Waals surface area contributed by atoms with Crippen LogP contribution in [0.25, 0.3) is 0 Å². The summed E-state index contributed by atoms with van der Waals surface area (Å²) in [5.74, 6) is -0.838. The molecule has 3 nitrogen and oxygen atoms in total. The Balaban J connectivity index is 4.22. The summed E-state index contributed by atoms with van der Waals surface area (Å²) in [7, 11) is 0.671. The molecule has 0 aliphatic rings. The average Bonchev–Trinajstić information content (AvgIpc) is 1.60. The van der Waals surface area contributed by atoms with Gasteiger partial charge in [-0.05, 0) is 13.8 Å². The number of thiol groups is 1. The van der Waals surface area contributed by atoms with Gasteiger partial charge in [0.05, 0.1) is 10.4 Å². The predicted molar refractivity (Wildman–Crippen MR) is 47.6 cm³/mol. The van der Waals surface area contributed by atoms with Crippen LogP contribution >= 0.6 is 12.6 Å². The first-order valence-electron chi connectivity index (χ1n) is 3.02. The van der Waals surface area contributed by atoms with Gasteiger partial charge < -0.3 is 10.1 Å². The molecule has 0 saturated carbocycles. The maximum absolute atomic E-state index is 10.5. The van der Waals surface area contributed by atoms with Crippen LogP contribution in [0.3, 0.4) is 0 Å². The van der Waals surface area contributed by atoms with Crippen LogP contribution in [0.15, 0.2) is 0 Å². The standard InChI is InChI=1S/C5H13NO2SSi/c1-5(2,9)3(6-10)4(7)8/h3,6,9H,1-2,10H3,(H,7,8)/t3-/m1/s1. The summed E-state index contributed by atoms with van der Waals surface area (Å²) in [5.41, 5.74) is 0. The number of hydrogen-bond acceptors (Lipinski definition) is 3. The Hall–Kier alpha value is -0.00312. The van der Waals surface area contributed by atoms with Crippen molar-refractivity contribution in [1.82, 2.24) is 4.98 Å². The van der Waals surface area contributed by atoms with Gasteiger partial charge in [0.1, 0.15) is 6.04 Å². The van der Waals surface area contributed by atoms with E-state index in [1.165, 1.54) is 0 Å².